The van der Waals surface area contributed by atoms with Crippen molar-refractivity contribution in [2.24, 2.45) is 0 Å². The van der Waals surface area contributed by atoms with Gasteiger partial charge in [0.2, 0.25) is 0 Å². The molecule has 0 spiro atoms. The molecule has 0 saturated heterocycles. The summed E-state index contributed by atoms with van der Waals surface area (Å²) < 4.78 is 2.76. The van der Waals surface area contributed by atoms with Crippen molar-refractivity contribution in [1.29, 1.82) is 0 Å². The number of rotatable bonds is 5. The van der Waals surface area contributed by atoms with Crippen molar-refractivity contribution in [2.75, 3.05) is 11.9 Å². The maximum absolute atomic E-state index is 10.9. The van der Waals surface area contributed by atoms with Crippen LogP contribution < -0.4 is 10.0 Å². The molecule has 1 aromatic carbocycles. The second kappa shape index (κ2) is 5.72. The van der Waals surface area contributed by atoms with E-state index < -0.39 is 5.97 Å². The number of aromatic carboxylic acids is 1. The lowest BCUT2D eigenvalue weighted by molar-refractivity contribution is -0.893. The number of anilines is 1. The van der Waals surface area contributed by atoms with Gasteiger partial charge in [0, 0.05) is 17.6 Å². The molecule has 2 heterocycles. The Kier molecular flexibility index (Phi) is 3.61. The van der Waals surface area contributed by atoms with E-state index in [-0.39, 0.29) is 5.56 Å². The van der Waals surface area contributed by atoms with Crippen LogP contribution in [-0.2, 0) is 6.54 Å². The molecule has 2 aromatic heterocycles. The van der Waals surface area contributed by atoms with Crippen molar-refractivity contribution in [3.05, 3.63) is 54.4 Å². The van der Waals surface area contributed by atoms with Gasteiger partial charge >= 0.3 is 11.8 Å². The van der Waals surface area contributed by atoms with Crippen LogP contribution >= 0.6 is 0 Å². The van der Waals surface area contributed by atoms with Gasteiger partial charge in [-0.05, 0) is 24.3 Å². The molecule has 0 atom stereocenters. The first kappa shape index (κ1) is 13.9. The Bertz CT molecular complexity index is 829. The Morgan fingerprint density at radius 3 is 2.95 bits per heavy atom. The zero-order valence-electron chi connectivity index (χ0n) is 11.7. The van der Waals surface area contributed by atoms with Crippen molar-refractivity contribution < 1.29 is 19.8 Å². The Hall–Kier alpha value is -3.09. The van der Waals surface area contributed by atoms with E-state index in [2.05, 4.69) is 10.4 Å². The fourth-order valence-electron chi connectivity index (χ4n) is 2.20. The number of hydrogen-bond acceptors (Lipinski definition) is 4. The summed E-state index contributed by atoms with van der Waals surface area (Å²) >= 11 is 0. The summed E-state index contributed by atoms with van der Waals surface area (Å²) in [6.07, 6.45) is 3.35. The third kappa shape index (κ3) is 2.83. The van der Waals surface area contributed by atoms with Crippen molar-refractivity contribution in [1.82, 2.24) is 9.78 Å². The second-order valence-corrected chi connectivity index (χ2v) is 4.83. The highest BCUT2D eigenvalue weighted by Crippen LogP contribution is 2.14. The summed E-state index contributed by atoms with van der Waals surface area (Å²) in [4.78, 5) is 10.9. The second-order valence-electron chi connectivity index (χ2n) is 4.83. The van der Waals surface area contributed by atoms with Gasteiger partial charge in [-0.25, -0.2) is 4.79 Å². The van der Waals surface area contributed by atoms with Crippen LogP contribution in [-0.4, -0.2) is 32.6 Å². The number of fused-ring (bicyclic) bond motifs is 1. The molecule has 0 aliphatic carbocycles. The van der Waals surface area contributed by atoms with Gasteiger partial charge in [-0.3, -0.25) is 10.00 Å². The monoisotopic (exact) mass is 299 g/mol. The SMILES string of the molecule is O=C(O)c1ccc2nn(CCNc3cccc[n+]3O)cc2c1. The minimum absolute atomic E-state index is 0.246. The number of hydrogen-bond donors (Lipinski definition) is 3. The Morgan fingerprint density at radius 2 is 2.18 bits per heavy atom. The quantitative estimate of drug-likeness (QED) is 0.489. The average Bonchev–Trinajstić information content (AvgIpc) is 2.90. The third-order valence-corrected chi connectivity index (χ3v) is 3.29. The van der Waals surface area contributed by atoms with Gasteiger partial charge in [0.25, 0.3) is 0 Å². The van der Waals surface area contributed by atoms with Gasteiger partial charge in [-0.2, -0.15) is 5.10 Å². The smallest absolute Gasteiger partial charge is 0.335 e. The predicted molar refractivity (Wildman–Crippen MR) is 79.0 cm³/mol. The summed E-state index contributed by atoms with van der Waals surface area (Å²) in [6, 6.07) is 10.2. The lowest BCUT2D eigenvalue weighted by Gasteiger charge is -2.01. The first-order valence-electron chi connectivity index (χ1n) is 6.78. The predicted octanol–water partition coefficient (Wildman–Crippen LogP) is 1.37. The molecule has 0 amide bonds. The zero-order valence-corrected chi connectivity index (χ0v) is 11.7. The molecule has 0 aliphatic rings. The van der Waals surface area contributed by atoms with Crippen LogP contribution in [0.3, 0.4) is 0 Å². The number of nitrogens with one attached hydrogen (secondary N) is 1. The number of aromatic nitrogens is 3. The van der Waals surface area contributed by atoms with E-state index in [0.29, 0.717) is 18.9 Å². The van der Waals surface area contributed by atoms with Crippen molar-refractivity contribution in [2.45, 2.75) is 6.54 Å². The third-order valence-electron chi connectivity index (χ3n) is 3.29. The van der Waals surface area contributed by atoms with E-state index in [9.17, 15) is 10.0 Å². The highest BCUT2D eigenvalue weighted by Gasteiger charge is 2.08. The van der Waals surface area contributed by atoms with E-state index in [1.807, 2.05) is 6.07 Å². The van der Waals surface area contributed by atoms with Gasteiger partial charge < -0.3 is 10.3 Å². The molecule has 0 radical (unpaired) electrons. The van der Waals surface area contributed by atoms with Crippen LogP contribution in [0.25, 0.3) is 10.9 Å². The number of nitrogens with zero attached hydrogens (tertiary/aromatic N) is 3. The molecule has 0 aliphatic heterocycles. The van der Waals surface area contributed by atoms with Crippen LogP contribution in [0.2, 0.25) is 0 Å². The molecule has 7 nitrogen and oxygen atoms in total. The Morgan fingerprint density at radius 1 is 1.32 bits per heavy atom. The van der Waals surface area contributed by atoms with Crippen LogP contribution in [0.15, 0.2) is 48.8 Å². The summed E-state index contributed by atoms with van der Waals surface area (Å²) in [5, 5.41) is 26.8. The van der Waals surface area contributed by atoms with Gasteiger partial charge in [-0.15, -0.1) is 0 Å². The first-order chi connectivity index (χ1) is 10.6. The standard InChI is InChI=1S/C15H14N4O3/c20-15(21)11-4-5-13-12(9-11)10-18(17-13)8-6-16-14-3-1-2-7-19(14)22/h1-5,7,9-10,22H,6,8H2,(H,20,21)/p+1. The molecule has 3 aromatic rings. The molecule has 0 saturated carbocycles. The molecule has 7 heteroatoms. The van der Waals surface area contributed by atoms with Crippen molar-refractivity contribution in [3.8, 4) is 0 Å². The topological polar surface area (TPSA) is 91.3 Å². The zero-order chi connectivity index (χ0) is 15.5. The maximum atomic E-state index is 10.9. The minimum atomic E-state index is -0.951. The molecule has 3 N–H and O–H groups in total. The maximum Gasteiger partial charge on any atom is 0.335 e. The van der Waals surface area contributed by atoms with E-state index >= 15 is 0 Å². The van der Waals surface area contributed by atoms with E-state index in [0.717, 1.165) is 15.6 Å². The highest BCUT2D eigenvalue weighted by molar-refractivity contribution is 5.93. The average molecular weight is 299 g/mol. The van der Waals surface area contributed by atoms with Gasteiger partial charge in [0.05, 0.1) is 17.6 Å². The molecular formula is C15H15N4O3+. The lowest BCUT2D eigenvalue weighted by atomic mass is 10.2. The van der Waals surface area contributed by atoms with E-state index in [1.165, 1.54) is 6.20 Å². The molecule has 22 heavy (non-hydrogen) atoms. The van der Waals surface area contributed by atoms with Gasteiger partial charge in [0.1, 0.15) is 12.7 Å². The molecule has 0 unspecified atom stereocenters. The fourth-order valence-corrected chi connectivity index (χ4v) is 2.20. The minimum Gasteiger partial charge on any atom is -0.478 e. The fraction of sp³-hybridized carbons (Fsp3) is 0.133. The first-order valence-corrected chi connectivity index (χ1v) is 6.78. The Balaban J connectivity index is 1.69. The summed E-state index contributed by atoms with van der Waals surface area (Å²) in [5.41, 5.74) is 0.998. The van der Waals surface area contributed by atoms with Crippen molar-refractivity contribution in [3.63, 3.8) is 0 Å². The largest absolute Gasteiger partial charge is 0.478 e. The number of pyridine rings is 1. The van der Waals surface area contributed by atoms with Crippen LogP contribution in [0.1, 0.15) is 10.4 Å². The number of carboxylic acids is 1. The van der Waals surface area contributed by atoms with Crippen LogP contribution in [0.4, 0.5) is 5.82 Å². The number of benzene rings is 1. The molecule has 0 fully saturated rings. The molecule has 0 bridgehead atoms. The molecule has 3 rings (SSSR count). The Labute approximate surface area is 126 Å². The summed E-state index contributed by atoms with van der Waals surface area (Å²) in [5.74, 6) is -0.361. The normalized spacial score (nSPS) is 10.7. The van der Waals surface area contributed by atoms with E-state index in [4.69, 9.17) is 5.11 Å². The highest BCUT2D eigenvalue weighted by atomic mass is 16.5. The van der Waals surface area contributed by atoms with Crippen LogP contribution in [0, 0.1) is 0 Å². The molecular weight excluding hydrogens is 284 g/mol. The van der Waals surface area contributed by atoms with Crippen molar-refractivity contribution >= 4 is 22.7 Å². The van der Waals surface area contributed by atoms with Gasteiger partial charge in [-0.1, -0.05) is 10.8 Å². The van der Waals surface area contributed by atoms with Crippen LogP contribution in [0.5, 0.6) is 0 Å². The molecule has 112 valence electrons. The number of carboxylic acid groups (broad SMARTS) is 1. The summed E-state index contributed by atoms with van der Waals surface area (Å²) in [7, 11) is 0. The lowest BCUT2D eigenvalue weighted by Crippen LogP contribution is -2.34. The van der Waals surface area contributed by atoms with Gasteiger partial charge in [0.15, 0.2) is 0 Å². The number of carbonyl (C=O) groups is 1. The van der Waals surface area contributed by atoms with E-state index in [1.54, 1.807) is 41.2 Å². The summed E-state index contributed by atoms with van der Waals surface area (Å²) in [6.45, 7) is 1.16.